The Morgan fingerprint density at radius 2 is 1.92 bits per heavy atom. The standard InChI is InChI=1S/C18H23N3O3S2/c1-13(16-21-15(12-25-16)14-6-4-3-5-7-14)20-17(22)18(26(2,23)24)8-10-19-11-9-18/h3-7,12-13,19H,8-11H2,1-2H3,(H,20,22). The average molecular weight is 394 g/mol. The second-order valence-electron chi connectivity index (χ2n) is 6.65. The number of nitrogens with one attached hydrogen (secondary N) is 2. The van der Waals surface area contributed by atoms with Crippen molar-refractivity contribution in [3.8, 4) is 11.3 Å². The Bertz CT molecular complexity index is 872. The molecule has 1 amide bonds. The van der Waals surface area contributed by atoms with E-state index < -0.39 is 20.5 Å². The predicted molar refractivity (Wildman–Crippen MR) is 104 cm³/mol. The number of nitrogens with zero attached hydrogens (tertiary/aromatic N) is 1. The van der Waals surface area contributed by atoms with E-state index in [1.165, 1.54) is 11.3 Å². The number of amides is 1. The van der Waals surface area contributed by atoms with Crippen LogP contribution in [0.25, 0.3) is 11.3 Å². The summed E-state index contributed by atoms with van der Waals surface area (Å²) in [5.41, 5.74) is 1.87. The van der Waals surface area contributed by atoms with Crippen molar-refractivity contribution in [1.82, 2.24) is 15.6 Å². The van der Waals surface area contributed by atoms with Crippen LogP contribution >= 0.6 is 11.3 Å². The van der Waals surface area contributed by atoms with Crippen molar-refractivity contribution in [1.29, 1.82) is 0 Å². The molecule has 3 rings (SSSR count). The summed E-state index contributed by atoms with van der Waals surface area (Å²) < 4.78 is 23.4. The van der Waals surface area contributed by atoms with Gasteiger partial charge < -0.3 is 10.6 Å². The fraction of sp³-hybridized carbons (Fsp3) is 0.444. The lowest BCUT2D eigenvalue weighted by Gasteiger charge is -2.35. The lowest BCUT2D eigenvalue weighted by Crippen LogP contribution is -2.57. The van der Waals surface area contributed by atoms with Gasteiger partial charge in [0, 0.05) is 17.2 Å². The maximum Gasteiger partial charge on any atom is 0.242 e. The SMILES string of the molecule is CC(NC(=O)C1(S(C)(=O)=O)CCNCC1)c1nc(-c2ccccc2)cs1. The number of hydrogen-bond acceptors (Lipinski definition) is 6. The average Bonchev–Trinajstić information content (AvgIpc) is 3.12. The maximum absolute atomic E-state index is 12.9. The van der Waals surface area contributed by atoms with Crippen molar-refractivity contribution in [3.05, 3.63) is 40.7 Å². The molecule has 0 bridgehead atoms. The van der Waals surface area contributed by atoms with E-state index in [1.54, 1.807) is 0 Å². The molecule has 1 aromatic carbocycles. The molecule has 26 heavy (non-hydrogen) atoms. The highest BCUT2D eigenvalue weighted by Crippen LogP contribution is 2.30. The number of carbonyl (C=O) groups excluding carboxylic acids is 1. The Balaban J connectivity index is 1.78. The Morgan fingerprint density at radius 1 is 1.27 bits per heavy atom. The highest BCUT2D eigenvalue weighted by atomic mass is 32.2. The third-order valence-electron chi connectivity index (χ3n) is 4.84. The smallest absolute Gasteiger partial charge is 0.242 e. The zero-order chi connectivity index (χ0) is 18.8. The van der Waals surface area contributed by atoms with Crippen LogP contribution in [0, 0.1) is 0 Å². The number of benzene rings is 1. The number of sulfone groups is 1. The predicted octanol–water partition coefficient (Wildman–Crippen LogP) is 2.15. The van der Waals surface area contributed by atoms with E-state index in [4.69, 9.17) is 0 Å². The zero-order valence-electron chi connectivity index (χ0n) is 14.9. The normalized spacial score (nSPS) is 18.2. The Labute approximate surface area is 158 Å². The van der Waals surface area contributed by atoms with Gasteiger partial charge in [0.15, 0.2) is 14.6 Å². The van der Waals surface area contributed by atoms with Gasteiger partial charge in [0.25, 0.3) is 0 Å². The van der Waals surface area contributed by atoms with E-state index in [0.717, 1.165) is 22.5 Å². The van der Waals surface area contributed by atoms with Gasteiger partial charge in [-0.15, -0.1) is 11.3 Å². The quantitative estimate of drug-likeness (QED) is 0.813. The van der Waals surface area contributed by atoms with E-state index in [0.29, 0.717) is 13.1 Å². The molecule has 0 spiro atoms. The second-order valence-corrected chi connectivity index (χ2v) is 9.86. The van der Waals surface area contributed by atoms with Crippen LogP contribution in [-0.4, -0.2) is 43.4 Å². The molecule has 2 heterocycles. The van der Waals surface area contributed by atoms with E-state index in [9.17, 15) is 13.2 Å². The molecule has 140 valence electrons. The van der Waals surface area contributed by atoms with Gasteiger partial charge in [-0.25, -0.2) is 13.4 Å². The third kappa shape index (κ3) is 3.67. The van der Waals surface area contributed by atoms with E-state index in [2.05, 4.69) is 15.6 Å². The van der Waals surface area contributed by atoms with Gasteiger partial charge in [-0.05, 0) is 32.9 Å². The first-order valence-electron chi connectivity index (χ1n) is 8.56. The monoisotopic (exact) mass is 393 g/mol. The van der Waals surface area contributed by atoms with Crippen LogP contribution in [-0.2, 0) is 14.6 Å². The van der Waals surface area contributed by atoms with Crippen LogP contribution < -0.4 is 10.6 Å². The van der Waals surface area contributed by atoms with E-state index in [-0.39, 0.29) is 18.9 Å². The molecule has 2 aromatic rings. The van der Waals surface area contributed by atoms with Crippen molar-refractivity contribution in [2.24, 2.45) is 0 Å². The van der Waals surface area contributed by atoms with Crippen LogP contribution in [0.3, 0.4) is 0 Å². The zero-order valence-corrected chi connectivity index (χ0v) is 16.5. The van der Waals surface area contributed by atoms with Crippen LogP contribution in [0.15, 0.2) is 35.7 Å². The molecule has 1 aliphatic heterocycles. The molecule has 0 radical (unpaired) electrons. The minimum absolute atomic E-state index is 0.289. The number of rotatable bonds is 5. The molecule has 6 nitrogen and oxygen atoms in total. The summed E-state index contributed by atoms with van der Waals surface area (Å²) in [6.45, 7) is 2.87. The summed E-state index contributed by atoms with van der Waals surface area (Å²) in [6, 6.07) is 9.46. The van der Waals surface area contributed by atoms with Gasteiger partial charge in [0.2, 0.25) is 5.91 Å². The summed E-state index contributed by atoms with van der Waals surface area (Å²) in [4.78, 5) is 17.5. The summed E-state index contributed by atoms with van der Waals surface area (Å²) in [5, 5.41) is 8.71. The number of piperidine rings is 1. The summed E-state index contributed by atoms with van der Waals surface area (Å²) >= 11 is 1.46. The van der Waals surface area contributed by atoms with Gasteiger partial charge in [-0.2, -0.15) is 0 Å². The molecule has 1 saturated heterocycles. The van der Waals surface area contributed by atoms with Crippen LogP contribution in [0.5, 0.6) is 0 Å². The first-order chi connectivity index (χ1) is 12.3. The Morgan fingerprint density at radius 3 is 2.54 bits per heavy atom. The molecular formula is C18H23N3O3S2. The van der Waals surface area contributed by atoms with Crippen molar-refractivity contribution < 1.29 is 13.2 Å². The molecule has 1 unspecified atom stereocenters. The minimum Gasteiger partial charge on any atom is -0.346 e. The second kappa shape index (κ2) is 7.46. The highest BCUT2D eigenvalue weighted by Gasteiger charge is 2.49. The van der Waals surface area contributed by atoms with Crippen molar-refractivity contribution in [2.45, 2.75) is 30.6 Å². The molecule has 1 fully saturated rings. The molecule has 2 N–H and O–H groups in total. The van der Waals surface area contributed by atoms with E-state index >= 15 is 0 Å². The van der Waals surface area contributed by atoms with Gasteiger partial charge in [-0.3, -0.25) is 4.79 Å². The van der Waals surface area contributed by atoms with Gasteiger partial charge >= 0.3 is 0 Å². The first-order valence-corrected chi connectivity index (χ1v) is 11.3. The number of carbonyl (C=O) groups is 1. The summed E-state index contributed by atoms with van der Waals surface area (Å²) in [6.07, 6.45) is 1.73. The topological polar surface area (TPSA) is 88.2 Å². The molecule has 8 heteroatoms. The minimum atomic E-state index is -3.52. The molecule has 1 aliphatic rings. The Kier molecular flexibility index (Phi) is 5.45. The molecule has 0 saturated carbocycles. The van der Waals surface area contributed by atoms with Crippen LogP contribution in [0.4, 0.5) is 0 Å². The Hall–Kier alpha value is -1.77. The van der Waals surface area contributed by atoms with E-state index in [1.807, 2.05) is 42.6 Å². The maximum atomic E-state index is 12.9. The van der Waals surface area contributed by atoms with Crippen LogP contribution in [0.1, 0.15) is 30.8 Å². The highest BCUT2D eigenvalue weighted by molar-refractivity contribution is 7.92. The van der Waals surface area contributed by atoms with Crippen LogP contribution in [0.2, 0.25) is 0 Å². The van der Waals surface area contributed by atoms with Crippen molar-refractivity contribution in [3.63, 3.8) is 0 Å². The molecule has 1 aromatic heterocycles. The molecule has 0 aliphatic carbocycles. The summed E-state index contributed by atoms with van der Waals surface area (Å²) in [7, 11) is -3.52. The first kappa shape index (κ1) is 19.0. The number of thiazole rings is 1. The van der Waals surface area contributed by atoms with Crippen molar-refractivity contribution in [2.75, 3.05) is 19.3 Å². The van der Waals surface area contributed by atoms with Gasteiger partial charge in [-0.1, -0.05) is 30.3 Å². The fourth-order valence-corrected chi connectivity index (χ4v) is 5.39. The number of hydrogen-bond donors (Lipinski definition) is 2. The third-order valence-corrected chi connectivity index (χ3v) is 7.88. The fourth-order valence-electron chi connectivity index (χ4n) is 3.21. The summed E-state index contributed by atoms with van der Waals surface area (Å²) in [5.74, 6) is -0.425. The molecular weight excluding hydrogens is 370 g/mol. The van der Waals surface area contributed by atoms with Gasteiger partial charge in [0.1, 0.15) is 5.01 Å². The molecule has 1 atom stereocenters. The lowest BCUT2D eigenvalue weighted by atomic mass is 9.95. The van der Waals surface area contributed by atoms with Gasteiger partial charge in [0.05, 0.1) is 11.7 Å². The van der Waals surface area contributed by atoms with Crippen molar-refractivity contribution >= 4 is 27.1 Å². The lowest BCUT2D eigenvalue weighted by molar-refractivity contribution is -0.125. The largest absolute Gasteiger partial charge is 0.346 e. The number of aromatic nitrogens is 1.